The zero-order chi connectivity index (χ0) is 29.6. The number of carbonyl (C=O) groups excluding carboxylic acids is 1. The first-order valence-corrected chi connectivity index (χ1v) is 17.6. The molecule has 232 valence electrons. The summed E-state index contributed by atoms with van der Waals surface area (Å²) in [5, 5.41) is 8.91. The molecule has 40 heavy (non-hydrogen) atoms. The number of hydrogen-bond donors (Lipinski definition) is 0. The van der Waals surface area contributed by atoms with Crippen LogP contribution in [0.3, 0.4) is 0 Å². The van der Waals surface area contributed by atoms with Crippen molar-refractivity contribution in [3.63, 3.8) is 0 Å². The van der Waals surface area contributed by atoms with Crippen LogP contribution in [0, 0.1) is 11.3 Å². The highest BCUT2D eigenvalue weighted by Gasteiger charge is 2.34. The lowest BCUT2D eigenvalue weighted by Crippen LogP contribution is -2.35. The van der Waals surface area contributed by atoms with Gasteiger partial charge in [-0.05, 0) is 60.3 Å². The lowest BCUT2D eigenvalue weighted by atomic mass is 10.0. The van der Waals surface area contributed by atoms with Crippen LogP contribution in [0.5, 0.6) is 0 Å². The lowest BCUT2D eigenvalue weighted by molar-refractivity contribution is -0.130. The molecule has 1 unspecified atom stereocenters. The van der Waals surface area contributed by atoms with Crippen molar-refractivity contribution in [2.75, 3.05) is 19.7 Å². The topological polar surface area (TPSA) is 65.8 Å². The van der Waals surface area contributed by atoms with Gasteiger partial charge in [-0.2, -0.15) is 5.26 Å². The van der Waals surface area contributed by atoms with Crippen LogP contribution in [-0.2, 0) is 13.8 Å². The monoisotopic (exact) mass is 579 g/mol. The van der Waals surface area contributed by atoms with E-state index < -0.39 is 8.53 Å². The van der Waals surface area contributed by atoms with Gasteiger partial charge in [-0.25, -0.2) is 4.67 Å². The zero-order valence-electron chi connectivity index (χ0n) is 26.8. The number of likely N-dealkylation sites (tertiary alicyclic amines) is 1. The molecule has 1 aliphatic heterocycles. The summed E-state index contributed by atoms with van der Waals surface area (Å²) in [6.45, 7) is 16.5. The SMILES string of the molecule is C=C(C)CCCCCCCCCCCCCCCCC(=O)N1CC[C@H](OP(OCCC#N)N(C(C)C)C(C)C)C1. The fourth-order valence-electron chi connectivity index (χ4n) is 5.45. The normalized spacial score (nSPS) is 16.3. The first-order valence-electron chi connectivity index (χ1n) is 16.4. The molecule has 0 aromatic heterocycles. The van der Waals surface area contributed by atoms with Crippen LogP contribution in [0.15, 0.2) is 12.2 Å². The third kappa shape index (κ3) is 17.7. The van der Waals surface area contributed by atoms with Gasteiger partial charge >= 0.3 is 0 Å². The van der Waals surface area contributed by atoms with Crippen LogP contribution >= 0.6 is 8.53 Å². The first kappa shape index (κ1) is 37.0. The highest BCUT2D eigenvalue weighted by Crippen LogP contribution is 2.48. The molecule has 1 aliphatic rings. The van der Waals surface area contributed by atoms with Gasteiger partial charge in [0.15, 0.2) is 0 Å². The molecule has 0 spiro atoms. The van der Waals surface area contributed by atoms with Crippen LogP contribution in [0.4, 0.5) is 0 Å². The van der Waals surface area contributed by atoms with Crippen LogP contribution in [-0.4, -0.2) is 53.4 Å². The Morgan fingerprint density at radius 3 is 1.82 bits per heavy atom. The molecule has 1 saturated heterocycles. The molecule has 0 aliphatic carbocycles. The number of amides is 1. The molecule has 0 aromatic rings. The van der Waals surface area contributed by atoms with Gasteiger partial charge in [0.25, 0.3) is 8.53 Å². The first-order chi connectivity index (χ1) is 19.3. The number of allylic oxidation sites excluding steroid dienone is 1. The third-order valence-electron chi connectivity index (χ3n) is 7.64. The molecule has 1 rings (SSSR count). The van der Waals surface area contributed by atoms with E-state index in [1.54, 1.807) is 0 Å². The molecular weight excluding hydrogens is 517 g/mol. The van der Waals surface area contributed by atoms with E-state index in [9.17, 15) is 4.79 Å². The minimum atomic E-state index is -1.25. The van der Waals surface area contributed by atoms with E-state index >= 15 is 0 Å². The van der Waals surface area contributed by atoms with E-state index in [-0.39, 0.29) is 24.1 Å². The van der Waals surface area contributed by atoms with Gasteiger partial charge in [0.2, 0.25) is 5.91 Å². The summed E-state index contributed by atoms with van der Waals surface area (Å²) in [5.74, 6) is 0.265. The van der Waals surface area contributed by atoms with E-state index in [4.69, 9.17) is 14.3 Å². The molecule has 0 radical (unpaired) electrons. The van der Waals surface area contributed by atoms with Gasteiger partial charge in [-0.1, -0.05) is 82.6 Å². The number of unbranched alkanes of at least 4 members (excludes halogenated alkanes) is 13. The summed E-state index contributed by atoms with van der Waals surface area (Å²) in [6, 6.07) is 2.71. The van der Waals surface area contributed by atoms with Gasteiger partial charge in [0.05, 0.1) is 25.2 Å². The Labute approximate surface area is 249 Å². The second kappa shape index (κ2) is 23.6. The number of nitriles is 1. The molecule has 7 heteroatoms. The average Bonchev–Trinajstić information content (AvgIpc) is 3.36. The molecular formula is C33H62N3O3P. The quantitative estimate of drug-likeness (QED) is 0.0612. The molecule has 0 aromatic carbocycles. The lowest BCUT2D eigenvalue weighted by Gasteiger charge is -2.36. The highest BCUT2D eigenvalue weighted by molar-refractivity contribution is 7.44. The summed E-state index contributed by atoms with van der Waals surface area (Å²) in [5.41, 5.74) is 1.32. The minimum Gasteiger partial charge on any atom is -0.340 e. The molecule has 2 atom stereocenters. The van der Waals surface area contributed by atoms with Crippen molar-refractivity contribution in [3.05, 3.63) is 12.2 Å². The van der Waals surface area contributed by atoms with Crippen LogP contribution in [0.2, 0.25) is 0 Å². The van der Waals surface area contributed by atoms with E-state index in [1.807, 2.05) is 4.90 Å². The van der Waals surface area contributed by atoms with Gasteiger partial charge in [0, 0.05) is 31.6 Å². The van der Waals surface area contributed by atoms with E-state index in [1.165, 1.54) is 89.0 Å². The van der Waals surface area contributed by atoms with Crippen molar-refractivity contribution in [2.45, 2.75) is 168 Å². The fraction of sp³-hybridized carbons (Fsp3) is 0.879. The Morgan fingerprint density at radius 1 is 0.900 bits per heavy atom. The summed E-state index contributed by atoms with van der Waals surface area (Å²) < 4.78 is 14.7. The molecule has 0 N–H and O–H groups in total. The standard InChI is InChI=1S/C33H62N3O3P/c1-29(2)22-19-17-15-13-11-9-7-8-10-12-14-16-18-20-23-33(37)35-26-24-32(28-35)39-40(38-27-21-25-34)36(30(3)4)31(5)6/h30-32H,1,7-24,26-28H2,2-6H3/t32-,40?/m0/s1. The fourth-order valence-corrected chi connectivity index (χ4v) is 7.18. The molecule has 0 saturated carbocycles. The van der Waals surface area contributed by atoms with E-state index in [2.05, 4.69) is 51.9 Å². The molecule has 1 heterocycles. The second-order valence-corrected chi connectivity index (χ2v) is 13.7. The number of hydrogen-bond acceptors (Lipinski definition) is 5. The Kier molecular flexibility index (Phi) is 21.8. The minimum absolute atomic E-state index is 0.00353. The van der Waals surface area contributed by atoms with Crippen molar-refractivity contribution < 1.29 is 13.8 Å². The highest BCUT2D eigenvalue weighted by atomic mass is 31.2. The van der Waals surface area contributed by atoms with Gasteiger partial charge in [0.1, 0.15) is 0 Å². The van der Waals surface area contributed by atoms with E-state index in [0.717, 1.165) is 25.8 Å². The maximum absolute atomic E-state index is 12.8. The number of rotatable bonds is 25. The average molecular weight is 580 g/mol. The second-order valence-electron chi connectivity index (χ2n) is 12.3. The maximum Gasteiger partial charge on any atom is 0.259 e. The predicted molar refractivity (Wildman–Crippen MR) is 170 cm³/mol. The molecule has 1 fully saturated rings. The summed E-state index contributed by atoms with van der Waals surface area (Å²) in [6.07, 6.45) is 21.5. The summed E-state index contributed by atoms with van der Waals surface area (Å²) in [7, 11) is -1.25. The van der Waals surface area contributed by atoms with Crippen LogP contribution < -0.4 is 0 Å². The summed E-state index contributed by atoms with van der Waals surface area (Å²) >= 11 is 0. The predicted octanol–water partition coefficient (Wildman–Crippen LogP) is 9.70. The number of nitrogens with zero attached hydrogens (tertiary/aromatic N) is 3. The zero-order valence-corrected chi connectivity index (χ0v) is 27.7. The van der Waals surface area contributed by atoms with Crippen LogP contribution in [0.25, 0.3) is 0 Å². The largest absolute Gasteiger partial charge is 0.340 e. The molecule has 1 amide bonds. The van der Waals surface area contributed by atoms with Crippen molar-refractivity contribution in [1.82, 2.24) is 9.57 Å². The van der Waals surface area contributed by atoms with E-state index in [0.29, 0.717) is 26.0 Å². The third-order valence-corrected chi connectivity index (χ3v) is 9.83. The van der Waals surface area contributed by atoms with Crippen LogP contribution in [0.1, 0.15) is 150 Å². The van der Waals surface area contributed by atoms with Crippen molar-refractivity contribution >= 4 is 14.4 Å². The van der Waals surface area contributed by atoms with Crippen molar-refractivity contribution in [1.29, 1.82) is 5.26 Å². The molecule has 0 bridgehead atoms. The van der Waals surface area contributed by atoms with Crippen molar-refractivity contribution in [3.8, 4) is 6.07 Å². The Hall–Kier alpha value is -0.990. The van der Waals surface area contributed by atoms with Gasteiger partial charge in [-0.3, -0.25) is 4.79 Å². The molecule has 6 nitrogen and oxygen atoms in total. The Bertz CT molecular complexity index is 702. The number of carbonyl (C=O) groups is 1. The van der Waals surface area contributed by atoms with Crippen molar-refractivity contribution in [2.24, 2.45) is 0 Å². The van der Waals surface area contributed by atoms with Gasteiger partial charge < -0.3 is 13.9 Å². The maximum atomic E-state index is 12.8. The Balaban J connectivity index is 2.10. The Morgan fingerprint density at radius 2 is 1.38 bits per heavy atom. The summed E-state index contributed by atoms with van der Waals surface area (Å²) in [4.78, 5) is 14.8. The smallest absolute Gasteiger partial charge is 0.259 e. The van der Waals surface area contributed by atoms with Gasteiger partial charge in [-0.15, -0.1) is 6.58 Å².